The highest BCUT2D eigenvalue weighted by atomic mass is 16.5. The van der Waals surface area contributed by atoms with Crippen molar-refractivity contribution in [2.24, 2.45) is 0 Å². The summed E-state index contributed by atoms with van der Waals surface area (Å²) in [5.41, 5.74) is 3.53. The lowest BCUT2D eigenvalue weighted by Gasteiger charge is -2.17. The van der Waals surface area contributed by atoms with Crippen LogP contribution in [-0.4, -0.2) is 30.1 Å². The normalized spacial score (nSPS) is 11.0. The molecule has 0 bridgehead atoms. The van der Waals surface area contributed by atoms with E-state index in [4.69, 9.17) is 9.15 Å². The quantitative estimate of drug-likeness (QED) is 0.857. The van der Waals surface area contributed by atoms with E-state index in [1.54, 1.807) is 19.1 Å². The van der Waals surface area contributed by atoms with Crippen molar-refractivity contribution in [1.82, 2.24) is 4.90 Å². The third-order valence-corrected chi connectivity index (χ3v) is 3.94. The van der Waals surface area contributed by atoms with Crippen molar-refractivity contribution in [2.45, 2.75) is 33.9 Å². The maximum Gasteiger partial charge on any atom is 0.341 e. The van der Waals surface area contributed by atoms with Gasteiger partial charge in [-0.3, -0.25) is 4.90 Å². The standard InChI is InChI=1S/C18H23NO4/c1-11-6-14(17(20)7-12(11)2)9-19(4)10-15-8-16(13(3)23-15)18(21)22-5/h6-8,20H,9-10H2,1-5H3. The van der Waals surface area contributed by atoms with Gasteiger partial charge in [0.1, 0.15) is 22.8 Å². The van der Waals surface area contributed by atoms with Gasteiger partial charge in [0.2, 0.25) is 0 Å². The van der Waals surface area contributed by atoms with Crippen molar-refractivity contribution in [3.8, 4) is 5.75 Å². The van der Waals surface area contributed by atoms with Gasteiger partial charge in [-0.2, -0.15) is 0 Å². The molecule has 1 aromatic heterocycles. The van der Waals surface area contributed by atoms with E-state index in [9.17, 15) is 9.90 Å². The van der Waals surface area contributed by atoms with Crippen LogP contribution in [0, 0.1) is 20.8 Å². The molecule has 0 aliphatic carbocycles. The Hall–Kier alpha value is -2.27. The van der Waals surface area contributed by atoms with Gasteiger partial charge >= 0.3 is 5.97 Å². The van der Waals surface area contributed by atoms with Gasteiger partial charge in [-0.05, 0) is 51.1 Å². The van der Waals surface area contributed by atoms with E-state index in [2.05, 4.69) is 0 Å². The number of benzene rings is 1. The maximum atomic E-state index is 11.6. The van der Waals surface area contributed by atoms with Crippen LogP contribution < -0.4 is 0 Å². The molecule has 0 aliphatic heterocycles. The van der Waals surface area contributed by atoms with Crippen molar-refractivity contribution in [2.75, 3.05) is 14.2 Å². The second-order valence-corrected chi connectivity index (χ2v) is 5.91. The number of methoxy groups -OCH3 is 1. The van der Waals surface area contributed by atoms with Crippen LogP contribution in [0.1, 0.15) is 38.6 Å². The number of aromatic hydroxyl groups is 1. The number of aryl methyl sites for hydroxylation is 3. The Balaban J connectivity index is 2.10. The fraction of sp³-hybridized carbons (Fsp3) is 0.389. The zero-order valence-corrected chi connectivity index (χ0v) is 14.3. The zero-order valence-electron chi connectivity index (χ0n) is 14.3. The number of hydrogen-bond acceptors (Lipinski definition) is 5. The predicted molar refractivity (Wildman–Crippen MR) is 87.5 cm³/mol. The summed E-state index contributed by atoms with van der Waals surface area (Å²) < 4.78 is 10.3. The smallest absolute Gasteiger partial charge is 0.341 e. The summed E-state index contributed by atoms with van der Waals surface area (Å²) >= 11 is 0. The Kier molecular flexibility index (Phi) is 5.11. The maximum absolute atomic E-state index is 11.6. The number of carbonyl (C=O) groups excluding carboxylic acids is 1. The van der Waals surface area contributed by atoms with Crippen molar-refractivity contribution in [3.63, 3.8) is 0 Å². The average molecular weight is 317 g/mol. The molecule has 2 rings (SSSR count). The van der Waals surface area contributed by atoms with Gasteiger partial charge in [0.15, 0.2) is 0 Å². The van der Waals surface area contributed by atoms with Crippen LogP contribution in [0.2, 0.25) is 0 Å². The lowest BCUT2D eigenvalue weighted by Crippen LogP contribution is -2.17. The number of esters is 1. The first kappa shape index (κ1) is 17.1. The van der Waals surface area contributed by atoms with E-state index in [0.717, 1.165) is 16.7 Å². The molecular weight excluding hydrogens is 294 g/mol. The Bertz CT molecular complexity index is 718. The molecular formula is C18H23NO4. The largest absolute Gasteiger partial charge is 0.508 e. The highest BCUT2D eigenvalue weighted by Gasteiger charge is 2.16. The molecule has 0 spiro atoms. The van der Waals surface area contributed by atoms with Gasteiger partial charge < -0.3 is 14.3 Å². The minimum Gasteiger partial charge on any atom is -0.508 e. The van der Waals surface area contributed by atoms with Crippen LogP contribution in [0.4, 0.5) is 0 Å². The van der Waals surface area contributed by atoms with E-state index in [0.29, 0.717) is 35.9 Å². The molecule has 0 atom stereocenters. The molecule has 0 saturated carbocycles. The monoisotopic (exact) mass is 317 g/mol. The van der Waals surface area contributed by atoms with E-state index in [1.807, 2.05) is 31.9 Å². The predicted octanol–water partition coefficient (Wildman–Crippen LogP) is 3.33. The molecule has 0 amide bonds. The molecule has 0 aliphatic rings. The summed E-state index contributed by atoms with van der Waals surface area (Å²) in [6.07, 6.45) is 0. The molecule has 1 heterocycles. The SMILES string of the molecule is COC(=O)c1cc(CN(C)Cc2cc(C)c(C)cc2O)oc1C. The van der Waals surface area contributed by atoms with Crippen LogP contribution in [0.15, 0.2) is 22.6 Å². The number of rotatable bonds is 5. The van der Waals surface area contributed by atoms with Crippen molar-refractivity contribution >= 4 is 5.97 Å². The minimum absolute atomic E-state index is 0.297. The molecule has 124 valence electrons. The number of furan rings is 1. The first-order chi connectivity index (χ1) is 10.8. The Morgan fingerprint density at radius 3 is 2.48 bits per heavy atom. The van der Waals surface area contributed by atoms with Crippen LogP contribution in [0.25, 0.3) is 0 Å². The van der Waals surface area contributed by atoms with E-state index in [-0.39, 0.29) is 0 Å². The third-order valence-electron chi connectivity index (χ3n) is 3.94. The summed E-state index contributed by atoms with van der Waals surface area (Å²) in [5, 5.41) is 10.1. The fourth-order valence-corrected chi connectivity index (χ4v) is 2.53. The third kappa shape index (κ3) is 3.93. The van der Waals surface area contributed by atoms with Gasteiger partial charge in [0, 0.05) is 12.1 Å². The van der Waals surface area contributed by atoms with Crippen LogP contribution >= 0.6 is 0 Å². The van der Waals surface area contributed by atoms with Crippen LogP contribution in [0.3, 0.4) is 0 Å². The number of hydrogen-bond donors (Lipinski definition) is 1. The summed E-state index contributed by atoms with van der Waals surface area (Å²) in [6.45, 7) is 6.86. The van der Waals surface area contributed by atoms with Crippen molar-refractivity contribution < 1.29 is 19.1 Å². The molecule has 2 aromatic rings. The average Bonchev–Trinajstić information content (AvgIpc) is 2.84. The Morgan fingerprint density at radius 1 is 1.17 bits per heavy atom. The first-order valence-corrected chi connectivity index (χ1v) is 7.47. The zero-order chi connectivity index (χ0) is 17.1. The van der Waals surface area contributed by atoms with Crippen molar-refractivity contribution in [3.05, 3.63) is 52.0 Å². The molecule has 5 heteroatoms. The summed E-state index contributed by atoms with van der Waals surface area (Å²) in [4.78, 5) is 13.6. The Labute approximate surface area is 136 Å². The van der Waals surface area contributed by atoms with Crippen LogP contribution in [0.5, 0.6) is 5.75 Å². The first-order valence-electron chi connectivity index (χ1n) is 7.47. The minimum atomic E-state index is -0.396. The van der Waals surface area contributed by atoms with E-state index < -0.39 is 5.97 Å². The molecule has 0 saturated heterocycles. The number of carbonyl (C=O) groups is 1. The van der Waals surface area contributed by atoms with Gasteiger partial charge in [0.05, 0.1) is 13.7 Å². The second kappa shape index (κ2) is 6.87. The van der Waals surface area contributed by atoms with Crippen molar-refractivity contribution in [1.29, 1.82) is 0 Å². The number of phenols is 1. The summed E-state index contributed by atoms with van der Waals surface area (Å²) in [5.74, 6) is 1.14. The summed E-state index contributed by atoms with van der Waals surface area (Å²) in [7, 11) is 3.29. The molecule has 0 fully saturated rings. The van der Waals surface area contributed by atoms with E-state index in [1.165, 1.54) is 7.11 Å². The Morgan fingerprint density at radius 2 is 1.83 bits per heavy atom. The van der Waals surface area contributed by atoms with Gasteiger partial charge in [0.25, 0.3) is 0 Å². The lowest BCUT2D eigenvalue weighted by molar-refractivity contribution is 0.0599. The molecule has 1 aromatic carbocycles. The molecule has 5 nitrogen and oxygen atoms in total. The van der Waals surface area contributed by atoms with Gasteiger partial charge in [-0.25, -0.2) is 4.79 Å². The molecule has 1 N–H and O–H groups in total. The second-order valence-electron chi connectivity index (χ2n) is 5.91. The van der Waals surface area contributed by atoms with E-state index >= 15 is 0 Å². The summed E-state index contributed by atoms with van der Waals surface area (Å²) in [6, 6.07) is 5.48. The molecule has 0 unspecified atom stereocenters. The molecule has 0 radical (unpaired) electrons. The fourth-order valence-electron chi connectivity index (χ4n) is 2.53. The number of nitrogens with zero attached hydrogens (tertiary/aromatic N) is 1. The number of phenolic OH excluding ortho intramolecular Hbond substituents is 1. The van der Waals surface area contributed by atoms with Gasteiger partial charge in [-0.1, -0.05) is 6.07 Å². The number of ether oxygens (including phenoxy) is 1. The molecule has 23 heavy (non-hydrogen) atoms. The highest BCUT2D eigenvalue weighted by molar-refractivity contribution is 5.90. The topological polar surface area (TPSA) is 62.9 Å². The lowest BCUT2D eigenvalue weighted by atomic mass is 10.0. The van der Waals surface area contributed by atoms with Gasteiger partial charge in [-0.15, -0.1) is 0 Å². The highest BCUT2D eigenvalue weighted by Crippen LogP contribution is 2.24. The van der Waals surface area contributed by atoms with Crippen LogP contribution in [-0.2, 0) is 17.8 Å².